The molecule has 0 amide bonds. The van der Waals surface area contributed by atoms with E-state index in [2.05, 4.69) is 38.6 Å². The van der Waals surface area contributed by atoms with Gasteiger partial charge in [-0.3, -0.25) is 4.98 Å². The number of aryl methyl sites for hydroxylation is 1. The molecule has 0 bridgehead atoms. The summed E-state index contributed by atoms with van der Waals surface area (Å²) >= 11 is 0. The van der Waals surface area contributed by atoms with Gasteiger partial charge in [-0.15, -0.1) is 5.10 Å². The molecule has 6 heteroatoms. The summed E-state index contributed by atoms with van der Waals surface area (Å²) in [5.74, 6) is 0.599. The maximum absolute atomic E-state index is 5.87. The number of hydrogen-bond acceptors (Lipinski definition) is 5. The van der Waals surface area contributed by atoms with Gasteiger partial charge >= 0.3 is 0 Å². The van der Waals surface area contributed by atoms with Gasteiger partial charge in [-0.25, -0.2) is 5.10 Å². The molecule has 20 heavy (non-hydrogen) atoms. The van der Waals surface area contributed by atoms with Crippen molar-refractivity contribution in [2.75, 3.05) is 5.73 Å². The minimum Gasteiger partial charge on any atom is -0.399 e. The lowest BCUT2D eigenvalue weighted by Gasteiger charge is -2.09. The summed E-state index contributed by atoms with van der Waals surface area (Å²) < 4.78 is 0. The number of hydrogen-bond donors (Lipinski definition) is 2. The number of nitrogen functional groups attached to an aromatic ring is 1. The summed E-state index contributed by atoms with van der Waals surface area (Å²) in [7, 11) is 0. The summed E-state index contributed by atoms with van der Waals surface area (Å²) in [5, 5.41) is 14.0. The molecule has 3 rings (SSSR count). The molecule has 0 aliphatic heterocycles. The Morgan fingerprint density at radius 2 is 2.05 bits per heavy atom. The van der Waals surface area contributed by atoms with Crippen LogP contribution in [0, 0.1) is 0 Å². The van der Waals surface area contributed by atoms with Crippen molar-refractivity contribution >= 4 is 5.69 Å². The summed E-state index contributed by atoms with van der Waals surface area (Å²) in [6.45, 7) is 2.08. The fourth-order valence-corrected chi connectivity index (χ4v) is 2.12. The first-order valence-electron chi connectivity index (χ1n) is 6.37. The van der Waals surface area contributed by atoms with Gasteiger partial charge in [-0.2, -0.15) is 0 Å². The van der Waals surface area contributed by atoms with Gasteiger partial charge in [0, 0.05) is 23.1 Å². The molecule has 1 aromatic carbocycles. The van der Waals surface area contributed by atoms with Crippen LogP contribution in [0.15, 0.2) is 36.5 Å². The van der Waals surface area contributed by atoms with Crippen LogP contribution in [0.5, 0.6) is 0 Å². The molecule has 0 saturated heterocycles. The zero-order valence-electron chi connectivity index (χ0n) is 11.0. The molecule has 2 heterocycles. The molecule has 3 aromatic rings. The Balaban J connectivity index is 2.18. The number of anilines is 1. The Morgan fingerprint density at radius 1 is 1.15 bits per heavy atom. The van der Waals surface area contributed by atoms with Crippen LogP contribution < -0.4 is 5.73 Å². The third kappa shape index (κ3) is 2.23. The zero-order valence-corrected chi connectivity index (χ0v) is 11.0. The fourth-order valence-electron chi connectivity index (χ4n) is 2.12. The minimum atomic E-state index is 0.599. The van der Waals surface area contributed by atoms with Crippen LogP contribution in [-0.4, -0.2) is 25.6 Å². The van der Waals surface area contributed by atoms with Crippen molar-refractivity contribution in [3.63, 3.8) is 0 Å². The van der Waals surface area contributed by atoms with E-state index in [9.17, 15) is 0 Å². The Kier molecular flexibility index (Phi) is 3.12. The Morgan fingerprint density at radius 3 is 2.80 bits per heavy atom. The lowest BCUT2D eigenvalue weighted by Crippen LogP contribution is -1.93. The van der Waals surface area contributed by atoms with E-state index in [-0.39, 0.29) is 0 Å². The largest absolute Gasteiger partial charge is 0.399 e. The third-order valence-electron chi connectivity index (χ3n) is 3.13. The van der Waals surface area contributed by atoms with Crippen molar-refractivity contribution in [3.05, 3.63) is 42.2 Å². The number of aromatic nitrogens is 5. The number of pyridine rings is 1. The van der Waals surface area contributed by atoms with Gasteiger partial charge in [0.25, 0.3) is 0 Å². The second-order valence-corrected chi connectivity index (χ2v) is 4.44. The number of aromatic amines is 1. The Hall–Kier alpha value is -2.76. The van der Waals surface area contributed by atoms with Crippen molar-refractivity contribution < 1.29 is 0 Å². The van der Waals surface area contributed by atoms with Crippen LogP contribution in [0.3, 0.4) is 0 Å². The van der Waals surface area contributed by atoms with Crippen LogP contribution in [0.2, 0.25) is 0 Å². The summed E-state index contributed by atoms with van der Waals surface area (Å²) in [6, 6.07) is 9.75. The second-order valence-electron chi connectivity index (χ2n) is 4.44. The van der Waals surface area contributed by atoms with E-state index in [4.69, 9.17) is 5.73 Å². The summed E-state index contributed by atoms with van der Waals surface area (Å²) in [6.07, 6.45) is 2.70. The molecule has 0 spiro atoms. The van der Waals surface area contributed by atoms with Gasteiger partial charge in [0.05, 0.1) is 0 Å². The van der Waals surface area contributed by atoms with E-state index in [1.165, 1.54) is 0 Å². The highest BCUT2D eigenvalue weighted by Gasteiger charge is 2.11. The van der Waals surface area contributed by atoms with Gasteiger partial charge in [-0.05, 0) is 52.2 Å². The minimum absolute atomic E-state index is 0.599. The first-order chi connectivity index (χ1) is 9.78. The van der Waals surface area contributed by atoms with E-state index in [0.717, 1.165) is 28.8 Å². The maximum atomic E-state index is 5.87. The first kappa shape index (κ1) is 12.3. The van der Waals surface area contributed by atoms with Gasteiger partial charge < -0.3 is 5.73 Å². The SMILES string of the molecule is CCc1cc(-c2ccc(N)cc2-c2nnn[nH]2)ccn1. The molecule has 3 N–H and O–H groups in total. The predicted molar refractivity (Wildman–Crippen MR) is 76.6 cm³/mol. The van der Waals surface area contributed by atoms with E-state index >= 15 is 0 Å². The standard InChI is InChI=1S/C14H14N6/c1-2-11-7-9(5-6-16-11)12-4-3-10(15)8-13(12)14-17-19-20-18-14/h3-8H,2,15H2,1H3,(H,17,18,19,20). The van der Waals surface area contributed by atoms with Gasteiger partial charge in [0.2, 0.25) is 0 Å². The monoisotopic (exact) mass is 266 g/mol. The molecule has 0 saturated carbocycles. The number of rotatable bonds is 3. The van der Waals surface area contributed by atoms with E-state index < -0.39 is 0 Å². The zero-order chi connectivity index (χ0) is 13.9. The van der Waals surface area contributed by atoms with Crippen LogP contribution in [0.1, 0.15) is 12.6 Å². The molecule has 0 fully saturated rings. The van der Waals surface area contributed by atoms with Crippen molar-refractivity contribution in [2.24, 2.45) is 0 Å². The molecule has 2 aromatic heterocycles. The Labute approximate surface area is 116 Å². The topological polar surface area (TPSA) is 93.4 Å². The van der Waals surface area contributed by atoms with Crippen molar-refractivity contribution in [1.29, 1.82) is 0 Å². The quantitative estimate of drug-likeness (QED) is 0.708. The second kappa shape index (κ2) is 5.08. The highest BCUT2D eigenvalue weighted by Crippen LogP contribution is 2.31. The number of tetrazole rings is 1. The number of benzene rings is 1. The summed E-state index contributed by atoms with van der Waals surface area (Å²) in [5.41, 5.74) is 10.6. The van der Waals surface area contributed by atoms with Gasteiger partial charge in [0.15, 0.2) is 5.82 Å². The molecule has 0 atom stereocenters. The molecule has 0 radical (unpaired) electrons. The van der Waals surface area contributed by atoms with Crippen molar-refractivity contribution in [2.45, 2.75) is 13.3 Å². The smallest absolute Gasteiger partial charge is 0.180 e. The molecule has 0 aliphatic rings. The normalized spacial score (nSPS) is 10.7. The average molecular weight is 266 g/mol. The Bertz CT molecular complexity index is 720. The predicted octanol–water partition coefficient (Wildman–Crippen LogP) is 2.07. The van der Waals surface area contributed by atoms with Crippen molar-refractivity contribution in [1.82, 2.24) is 25.6 Å². The summed E-state index contributed by atoms with van der Waals surface area (Å²) in [4.78, 5) is 4.32. The molecular formula is C14H14N6. The number of H-pyrrole nitrogens is 1. The number of nitrogens with zero attached hydrogens (tertiary/aromatic N) is 4. The van der Waals surface area contributed by atoms with E-state index in [1.807, 2.05) is 30.5 Å². The number of nitrogens with two attached hydrogens (primary N) is 1. The molecule has 0 unspecified atom stereocenters. The third-order valence-corrected chi connectivity index (χ3v) is 3.13. The lowest BCUT2D eigenvalue weighted by molar-refractivity contribution is 0.881. The van der Waals surface area contributed by atoms with Crippen LogP contribution in [-0.2, 0) is 6.42 Å². The van der Waals surface area contributed by atoms with E-state index in [0.29, 0.717) is 11.5 Å². The molecule has 100 valence electrons. The molecular weight excluding hydrogens is 252 g/mol. The van der Waals surface area contributed by atoms with E-state index in [1.54, 1.807) is 0 Å². The van der Waals surface area contributed by atoms with Crippen molar-refractivity contribution in [3.8, 4) is 22.5 Å². The highest BCUT2D eigenvalue weighted by molar-refractivity contribution is 5.82. The van der Waals surface area contributed by atoms with Crippen LogP contribution >= 0.6 is 0 Å². The average Bonchev–Trinajstić information content (AvgIpc) is 3.01. The van der Waals surface area contributed by atoms with Crippen LogP contribution in [0.4, 0.5) is 5.69 Å². The maximum Gasteiger partial charge on any atom is 0.180 e. The van der Waals surface area contributed by atoms with Gasteiger partial charge in [-0.1, -0.05) is 13.0 Å². The highest BCUT2D eigenvalue weighted by atomic mass is 15.5. The molecule has 6 nitrogen and oxygen atoms in total. The fraction of sp³-hybridized carbons (Fsp3) is 0.143. The first-order valence-corrected chi connectivity index (χ1v) is 6.37. The van der Waals surface area contributed by atoms with Crippen LogP contribution in [0.25, 0.3) is 22.5 Å². The van der Waals surface area contributed by atoms with Gasteiger partial charge in [0.1, 0.15) is 0 Å². The lowest BCUT2D eigenvalue weighted by atomic mass is 9.98. The number of nitrogens with one attached hydrogen (secondary N) is 1. The molecule has 0 aliphatic carbocycles.